The Morgan fingerprint density at radius 2 is 2.83 bits per heavy atom. The van der Waals surface area contributed by atoms with E-state index in [0.717, 1.165) is 0 Å². The van der Waals surface area contributed by atoms with Crippen LogP contribution in [0.1, 0.15) is 1.43 Å². The fourth-order valence-corrected chi connectivity index (χ4v) is 0.370. The molecule has 0 saturated heterocycles. The van der Waals surface area contributed by atoms with Crippen LogP contribution in [0, 0.1) is 0 Å². The van der Waals surface area contributed by atoms with Crippen LogP contribution in [-0.2, 0) is 4.79 Å². The third-order valence-electron chi connectivity index (χ3n) is 0.663. The van der Waals surface area contributed by atoms with Gasteiger partial charge in [0.25, 0.3) is 0 Å². The molecule has 0 saturated carbocycles. The molecule has 0 aliphatic carbocycles. The van der Waals surface area contributed by atoms with Gasteiger partial charge in [-0.15, -0.1) is 0 Å². The molecule has 0 bridgehead atoms. The summed E-state index contributed by atoms with van der Waals surface area (Å²) in [7, 11) is 0. The zero-order chi connectivity index (χ0) is 4.41. The van der Waals surface area contributed by atoms with Crippen LogP contribution in [0.4, 0.5) is 0 Å². The fourth-order valence-electron chi connectivity index (χ4n) is 0.370. The van der Waals surface area contributed by atoms with E-state index in [2.05, 4.69) is 5.32 Å². The molecule has 1 aliphatic heterocycles. The molecule has 0 amide bonds. The van der Waals surface area contributed by atoms with Crippen molar-refractivity contribution in [1.29, 1.82) is 0 Å². The number of nitrogens with one attached hydrogen (secondary N) is 1. The first-order valence-electron chi connectivity index (χ1n) is 1.82. The second-order valence-corrected chi connectivity index (χ2v) is 1.18. The average molecular weight is 85.1 g/mol. The minimum atomic E-state index is 0. The van der Waals surface area contributed by atoms with E-state index >= 15 is 0 Å². The van der Waals surface area contributed by atoms with Crippen molar-refractivity contribution >= 4 is 5.78 Å². The summed E-state index contributed by atoms with van der Waals surface area (Å²) in [5.74, 6) is 0.162. The highest BCUT2D eigenvalue weighted by molar-refractivity contribution is 5.93. The van der Waals surface area contributed by atoms with Crippen LogP contribution in [0.15, 0.2) is 12.3 Å². The molecule has 0 radical (unpaired) electrons. The van der Waals surface area contributed by atoms with Gasteiger partial charge in [0.05, 0.1) is 6.54 Å². The largest absolute Gasteiger partial charge is 0.383 e. The molecule has 1 N–H and O–H groups in total. The van der Waals surface area contributed by atoms with Crippen LogP contribution in [0.25, 0.3) is 0 Å². The number of carbonyl (C=O) groups is 1. The maximum Gasteiger partial charge on any atom is 0.176 e. The van der Waals surface area contributed by atoms with Gasteiger partial charge >= 0.3 is 0 Å². The van der Waals surface area contributed by atoms with Gasteiger partial charge < -0.3 is 5.32 Å². The standard InChI is InChI=1S/C4H5NO.H2/c6-4-1-2-5-3-4;/h1-2,5H,3H2;1H. The zero-order valence-electron chi connectivity index (χ0n) is 3.27. The SMILES string of the molecule is O=C1C=CNC1.[HH]. The van der Waals surface area contributed by atoms with E-state index in [4.69, 9.17) is 0 Å². The summed E-state index contributed by atoms with van der Waals surface area (Å²) in [6.07, 6.45) is 3.18. The van der Waals surface area contributed by atoms with Crippen LogP contribution < -0.4 is 5.32 Å². The van der Waals surface area contributed by atoms with Gasteiger partial charge in [-0.3, -0.25) is 4.79 Å². The molecule has 2 heteroatoms. The summed E-state index contributed by atoms with van der Waals surface area (Å²) in [5.41, 5.74) is 0. The van der Waals surface area contributed by atoms with Crippen LogP contribution in [0.2, 0.25) is 0 Å². The first kappa shape index (κ1) is 3.40. The number of hydrogen-bond acceptors (Lipinski definition) is 2. The smallest absolute Gasteiger partial charge is 0.176 e. The lowest BCUT2D eigenvalue weighted by Gasteiger charge is -1.78. The minimum Gasteiger partial charge on any atom is -0.383 e. The van der Waals surface area contributed by atoms with Crippen molar-refractivity contribution in [2.75, 3.05) is 6.54 Å². The number of ketones is 1. The lowest BCUT2D eigenvalue weighted by molar-refractivity contribution is -0.113. The Morgan fingerprint density at radius 3 is 3.00 bits per heavy atom. The van der Waals surface area contributed by atoms with E-state index in [1.54, 1.807) is 6.20 Å². The average Bonchev–Trinajstić information content (AvgIpc) is 1.86. The lowest BCUT2D eigenvalue weighted by Crippen LogP contribution is -2.06. The topological polar surface area (TPSA) is 29.1 Å². The quantitative estimate of drug-likeness (QED) is 0.445. The maximum atomic E-state index is 10.1. The van der Waals surface area contributed by atoms with Gasteiger partial charge in [0.1, 0.15) is 0 Å². The Bertz CT molecular complexity index is 99.9. The van der Waals surface area contributed by atoms with Crippen molar-refractivity contribution < 1.29 is 6.22 Å². The molecule has 0 aromatic rings. The van der Waals surface area contributed by atoms with Crippen molar-refractivity contribution in [3.8, 4) is 0 Å². The normalized spacial score (nSPS) is 18.3. The number of hydrogen-bond donors (Lipinski definition) is 1. The van der Waals surface area contributed by atoms with E-state index in [9.17, 15) is 4.79 Å². The molecular formula is C4H7NO. The highest BCUT2D eigenvalue weighted by Crippen LogP contribution is 1.79. The monoisotopic (exact) mass is 85.1 g/mol. The second kappa shape index (κ2) is 1.12. The van der Waals surface area contributed by atoms with Crippen LogP contribution >= 0.6 is 0 Å². The second-order valence-electron chi connectivity index (χ2n) is 1.18. The molecule has 0 atom stereocenters. The first-order valence-corrected chi connectivity index (χ1v) is 1.82. The minimum absolute atomic E-state index is 0. The number of rotatable bonds is 0. The van der Waals surface area contributed by atoms with Gasteiger partial charge in [-0.2, -0.15) is 0 Å². The molecule has 6 heavy (non-hydrogen) atoms. The highest BCUT2D eigenvalue weighted by Gasteiger charge is 1.96. The molecule has 0 unspecified atom stereocenters. The molecule has 1 aliphatic rings. The van der Waals surface area contributed by atoms with Gasteiger partial charge in [0, 0.05) is 7.63 Å². The molecular weight excluding hydrogens is 78.0 g/mol. The predicted molar refractivity (Wildman–Crippen MR) is 24.3 cm³/mol. The van der Waals surface area contributed by atoms with Crippen LogP contribution in [0.5, 0.6) is 0 Å². The Labute approximate surface area is 37.3 Å². The van der Waals surface area contributed by atoms with E-state index in [0.29, 0.717) is 6.54 Å². The molecule has 0 aromatic carbocycles. The molecule has 0 spiro atoms. The van der Waals surface area contributed by atoms with Crippen molar-refractivity contribution in [3.63, 3.8) is 0 Å². The summed E-state index contributed by atoms with van der Waals surface area (Å²) < 4.78 is 0. The van der Waals surface area contributed by atoms with Gasteiger partial charge in [0.2, 0.25) is 0 Å². The summed E-state index contributed by atoms with van der Waals surface area (Å²) in [6.45, 7) is 0.486. The maximum absolute atomic E-state index is 10.1. The van der Waals surface area contributed by atoms with E-state index in [1.165, 1.54) is 6.08 Å². The van der Waals surface area contributed by atoms with Crippen molar-refractivity contribution in [2.45, 2.75) is 0 Å². The van der Waals surface area contributed by atoms with E-state index < -0.39 is 0 Å². The summed E-state index contributed by atoms with van der Waals surface area (Å²) in [4.78, 5) is 10.1. The third kappa shape index (κ3) is 0.407. The first-order chi connectivity index (χ1) is 2.89. The van der Waals surface area contributed by atoms with Gasteiger partial charge in [-0.1, -0.05) is 0 Å². The Morgan fingerprint density at radius 1 is 2.00 bits per heavy atom. The summed E-state index contributed by atoms with van der Waals surface area (Å²) in [6, 6.07) is 0. The van der Waals surface area contributed by atoms with Gasteiger partial charge in [-0.05, 0) is 6.08 Å². The fraction of sp³-hybridized carbons (Fsp3) is 0.250. The highest BCUT2D eigenvalue weighted by atomic mass is 16.1. The lowest BCUT2D eigenvalue weighted by atomic mass is 10.4. The van der Waals surface area contributed by atoms with Crippen molar-refractivity contribution in [1.82, 2.24) is 5.32 Å². The molecule has 0 fully saturated rings. The molecule has 34 valence electrons. The van der Waals surface area contributed by atoms with E-state index in [-0.39, 0.29) is 7.21 Å². The Hall–Kier alpha value is -0.790. The molecule has 0 aromatic heterocycles. The molecule has 1 heterocycles. The third-order valence-corrected chi connectivity index (χ3v) is 0.663. The van der Waals surface area contributed by atoms with Gasteiger partial charge in [0.15, 0.2) is 5.78 Å². The molecule has 2 nitrogen and oxygen atoms in total. The zero-order valence-corrected chi connectivity index (χ0v) is 3.27. The van der Waals surface area contributed by atoms with Crippen molar-refractivity contribution in [3.05, 3.63) is 12.3 Å². The summed E-state index contributed by atoms with van der Waals surface area (Å²) >= 11 is 0. The number of carbonyl (C=O) groups excluding carboxylic acids is 1. The molecule has 1 rings (SSSR count). The Balaban J connectivity index is 0.000000360. The van der Waals surface area contributed by atoms with Crippen LogP contribution in [0.3, 0.4) is 0 Å². The van der Waals surface area contributed by atoms with E-state index in [1.807, 2.05) is 0 Å². The van der Waals surface area contributed by atoms with Crippen molar-refractivity contribution in [2.24, 2.45) is 0 Å². The predicted octanol–water partition coefficient (Wildman–Crippen LogP) is -0.0816. The van der Waals surface area contributed by atoms with Gasteiger partial charge in [-0.25, -0.2) is 0 Å². The Kier molecular flexibility index (Phi) is 0.638. The van der Waals surface area contributed by atoms with Crippen LogP contribution in [-0.4, -0.2) is 12.3 Å². The summed E-state index contributed by atoms with van der Waals surface area (Å²) in [5, 5.41) is 2.74.